The van der Waals surface area contributed by atoms with E-state index in [0.717, 1.165) is 23.4 Å². The summed E-state index contributed by atoms with van der Waals surface area (Å²) in [5.74, 6) is 0.694. The highest BCUT2D eigenvalue weighted by Gasteiger charge is 2.13. The van der Waals surface area contributed by atoms with Gasteiger partial charge in [-0.3, -0.25) is 4.90 Å². The molecule has 2 aromatic rings. The molecule has 0 bridgehead atoms. The molecular weight excluding hydrogens is 253 g/mol. The Hall–Kier alpha value is -1.87. The van der Waals surface area contributed by atoms with Crippen molar-refractivity contribution in [1.29, 1.82) is 0 Å². The van der Waals surface area contributed by atoms with Crippen LogP contribution in [-0.2, 0) is 6.54 Å². The lowest BCUT2D eigenvalue weighted by Crippen LogP contribution is -2.22. The molecule has 0 saturated carbocycles. The van der Waals surface area contributed by atoms with Crippen LogP contribution in [0.25, 0.3) is 0 Å². The molecule has 106 valence electrons. The highest BCUT2D eigenvalue weighted by atomic mass is 19.1. The first-order valence-corrected chi connectivity index (χ1v) is 6.69. The van der Waals surface area contributed by atoms with Crippen LogP contribution >= 0.6 is 0 Å². The van der Waals surface area contributed by atoms with E-state index in [1.165, 1.54) is 12.1 Å². The topological polar surface area (TPSA) is 12.5 Å². The van der Waals surface area contributed by atoms with E-state index >= 15 is 0 Å². The molecule has 2 nitrogen and oxygen atoms in total. The van der Waals surface area contributed by atoms with Crippen molar-refractivity contribution in [2.75, 3.05) is 14.2 Å². The summed E-state index contributed by atoms with van der Waals surface area (Å²) >= 11 is 0. The van der Waals surface area contributed by atoms with Crippen LogP contribution in [0.3, 0.4) is 0 Å². The zero-order chi connectivity index (χ0) is 14.5. The van der Waals surface area contributed by atoms with Gasteiger partial charge in [-0.25, -0.2) is 4.39 Å². The van der Waals surface area contributed by atoms with E-state index in [-0.39, 0.29) is 11.9 Å². The molecule has 0 aliphatic carbocycles. The predicted octanol–water partition coefficient (Wildman–Crippen LogP) is 4.03. The molecule has 20 heavy (non-hydrogen) atoms. The van der Waals surface area contributed by atoms with Crippen LogP contribution in [-0.4, -0.2) is 19.1 Å². The first-order chi connectivity index (χ1) is 9.61. The Kier molecular flexibility index (Phi) is 4.74. The molecule has 0 aliphatic heterocycles. The molecule has 0 unspecified atom stereocenters. The fraction of sp³-hybridized carbons (Fsp3) is 0.294. The molecule has 0 spiro atoms. The number of nitrogens with zero attached hydrogens (tertiary/aromatic N) is 1. The molecule has 0 N–H and O–H groups in total. The van der Waals surface area contributed by atoms with Gasteiger partial charge in [0.15, 0.2) is 0 Å². The van der Waals surface area contributed by atoms with E-state index in [1.807, 2.05) is 30.3 Å². The highest BCUT2D eigenvalue weighted by Crippen LogP contribution is 2.24. The van der Waals surface area contributed by atoms with Gasteiger partial charge >= 0.3 is 0 Å². The second-order valence-corrected chi connectivity index (χ2v) is 4.95. The zero-order valence-electron chi connectivity index (χ0n) is 12.1. The molecule has 0 fully saturated rings. The Morgan fingerprint density at radius 2 is 1.75 bits per heavy atom. The van der Waals surface area contributed by atoms with E-state index in [9.17, 15) is 4.39 Å². The molecular formula is C17H20FNO. The molecule has 3 heteroatoms. The van der Waals surface area contributed by atoms with Crippen LogP contribution in [0.4, 0.5) is 4.39 Å². The molecule has 0 aliphatic rings. The number of para-hydroxylation sites is 1. The predicted molar refractivity (Wildman–Crippen MR) is 79.3 cm³/mol. The van der Waals surface area contributed by atoms with Crippen molar-refractivity contribution < 1.29 is 9.13 Å². The average molecular weight is 273 g/mol. The SMILES string of the molecule is COc1ccccc1CN(C)[C@@H](C)c1ccc(F)cc1. The van der Waals surface area contributed by atoms with Gasteiger partial charge in [-0.15, -0.1) is 0 Å². The molecule has 0 heterocycles. The third-order valence-electron chi connectivity index (χ3n) is 3.63. The van der Waals surface area contributed by atoms with Crippen LogP contribution in [0.15, 0.2) is 48.5 Å². The summed E-state index contributed by atoms with van der Waals surface area (Å²) in [6.07, 6.45) is 0. The van der Waals surface area contributed by atoms with Gasteiger partial charge in [0, 0.05) is 18.2 Å². The van der Waals surface area contributed by atoms with Crippen LogP contribution in [0.2, 0.25) is 0 Å². The zero-order valence-corrected chi connectivity index (χ0v) is 12.1. The summed E-state index contributed by atoms with van der Waals surface area (Å²) in [5.41, 5.74) is 2.25. The van der Waals surface area contributed by atoms with Gasteiger partial charge in [0.25, 0.3) is 0 Å². The number of benzene rings is 2. The maximum Gasteiger partial charge on any atom is 0.123 e. The Balaban J connectivity index is 2.11. The molecule has 0 saturated heterocycles. The molecule has 0 radical (unpaired) electrons. The minimum atomic E-state index is -0.201. The maximum absolute atomic E-state index is 13.0. The fourth-order valence-corrected chi connectivity index (χ4v) is 2.23. The van der Waals surface area contributed by atoms with Gasteiger partial charge < -0.3 is 4.74 Å². The molecule has 1 atom stereocenters. The Bertz CT molecular complexity index is 553. The van der Waals surface area contributed by atoms with Gasteiger partial charge in [0.05, 0.1) is 7.11 Å². The van der Waals surface area contributed by atoms with Crippen molar-refractivity contribution in [3.8, 4) is 5.75 Å². The summed E-state index contributed by atoms with van der Waals surface area (Å²) in [7, 11) is 3.74. The van der Waals surface area contributed by atoms with Crippen LogP contribution in [0.5, 0.6) is 5.75 Å². The molecule has 0 aromatic heterocycles. The average Bonchev–Trinajstić information content (AvgIpc) is 2.48. The van der Waals surface area contributed by atoms with Gasteiger partial charge in [0.1, 0.15) is 11.6 Å². The second kappa shape index (κ2) is 6.53. The molecule has 2 aromatic carbocycles. The van der Waals surface area contributed by atoms with E-state index in [0.29, 0.717) is 0 Å². The van der Waals surface area contributed by atoms with Crippen molar-refractivity contribution in [2.24, 2.45) is 0 Å². The van der Waals surface area contributed by atoms with Crippen LogP contribution in [0.1, 0.15) is 24.1 Å². The van der Waals surface area contributed by atoms with Gasteiger partial charge in [-0.2, -0.15) is 0 Å². The quantitative estimate of drug-likeness (QED) is 0.815. The number of rotatable bonds is 5. The standard InChI is InChI=1S/C17H20FNO/c1-13(14-8-10-16(18)11-9-14)19(2)12-15-6-4-5-7-17(15)20-3/h4-11,13H,12H2,1-3H3/t13-/m0/s1. The van der Waals surface area contributed by atoms with E-state index < -0.39 is 0 Å². The minimum absolute atomic E-state index is 0.201. The van der Waals surface area contributed by atoms with Crippen molar-refractivity contribution in [1.82, 2.24) is 4.90 Å². The van der Waals surface area contributed by atoms with Gasteiger partial charge in [-0.05, 0) is 37.7 Å². The highest BCUT2D eigenvalue weighted by molar-refractivity contribution is 5.33. The Labute approximate surface area is 119 Å². The number of halogens is 1. The second-order valence-electron chi connectivity index (χ2n) is 4.95. The van der Waals surface area contributed by atoms with Crippen LogP contribution < -0.4 is 4.74 Å². The van der Waals surface area contributed by atoms with Gasteiger partial charge in [0.2, 0.25) is 0 Å². The number of hydrogen-bond donors (Lipinski definition) is 0. The van der Waals surface area contributed by atoms with Crippen molar-refractivity contribution in [2.45, 2.75) is 19.5 Å². The minimum Gasteiger partial charge on any atom is -0.496 e. The van der Waals surface area contributed by atoms with Crippen molar-refractivity contribution in [3.63, 3.8) is 0 Å². The fourth-order valence-electron chi connectivity index (χ4n) is 2.23. The first-order valence-electron chi connectivity index (χ1n) is 6.69. The monoisotopic (exact) mass is 273 g/mol. The van der Waals surface area contributed by atoms with Crippen LogP contribution in [0, 0.1) is 5.82 Å². The third-order valence-corrected chi connectivity index (χ3v) is 3.63. The molecule has 2 rings (SSSR count). The lowest BCUT2D eigenvalue weighted by molar-refractivity contribution is 0.249. The summed E-state index contributed by atoms with van der Waals surface area (Å²) in [6, 6.07) is 14.9. The van der Waals surface area contributed by atoms with E-state index in [2.05, 4.69) is 24.9 Å². The smallest absolute Gasteiger partial charge is 0.123 e. The summed E-state index contributed by atoms with van der Waals surface area (Å²) in [5, 5.41) is 0. The van der Waals surface area contributed by atoms with Crippen molar-refractivity contribution in [3.05, 3.63) is 65.5 Å². The van der Waals surface area contributed by atoms with E-state index in [4.69, 9.17) is 4.74 Å². The first kappa shape index (κ1) is 14.5. The Morgan fingerprint density at radius 3 is 2.40 bits per heavy atom. The maximum atomic E-state index is 13.0. The summed E-state index contributed by atoms with van der Waals surface area (Å²) in [6.45, 7) is 2.89. The number of methoxy groups -OCH3 is 1. The number of hydrogen-bond acceptors (Lipinski definition) is 2. The van der Waals surface area contributed by atoms with Crippen molar-refractivity contribution >= 4 is 0 Å². The Morgan fingerprint density at radius 1 is 1.10 bits per heavy atom. The summed E-state index contributed by atoms with van der Waals surface area (Å²) < 4.78 is 18.3. The lowest BCUT2D eigenvalue weighted by Gasteiger charge is -2.25. The molecule has 0 amide bonds. The lowest BCUT2D eigenvalue weighted by atomic mass is 10.1. The van der Waals surface area contributed by atoms with Gasteiger partial charge in [-0.1, -0.05) is 30.3 Å². The normalized spacial score (nSPS) is 12.4. The van der Waals surface area contributed by atoms with E-state index in [1.54, 1.807) is 7.11 Å². The number of ether oxygens (including phenoxy) is 1. The largest absolute Gasteiger partial charge is 0.496 e. The third kappa shape index (κ3) is 3.36. The summed E-state index contributed by atoms with van der Waals surface area (Å²) in [4.78, 5) is 2.21.